The maximum Gasteiger partial charge on any atom is 0.308 e. The summed E-state index contributed by atoms with van der Waals surface area (Å²) in [4.78, 5) is 24.8. The first-order chi connectivity index (χ1) is 11.9. The Morgan fingerprint density at radius 3 is 2.40 bits per heavy atom. The van der Waals surface area contributed by atoms with Gasteiger partial charge in [0.05, 0.1) is 5.70 Å². The molecule has 0 fully saturated rings. The smallest absolute Gasteiger partial charge is 0.308 e. The molecule has 5 nitrogen and oxygen atoms in total. The fourth-order valence-electron chi connectivity index (χ4n) is 3.16. The van der Waals surface area contributed by atoms with Crippen LogP contribution >= 0.6 is 0 Å². The molecule has 3 rings (SSSR count). The average Bonchev–Trinajstić information content (AvgIpc) is 2.54. The third-order valence-electron chi connectivity index (χ3n) is 4.03. The largest absolute Gasteiger partial charge is 0.423 e. The molecule has 25 heavy (non-hydrogen) atoms. The van der Waals surface area contributed by atoms with Crippen molar-refractivity contribution in [3.05, 3.63) is 58.6 Å². The molecule has 0 unspecified atom stereocenters. The van der Waals surface area contributed by atoms with Gasteiger partial charge in [-0.2, -0.15) is 0 Å². The lowest BCUT2D eigenvalue weighted by Crippen LogP contribution is -2.37. The predicted octanol–water partition coefficient (Wildman–Crippen LogP) is 1.77. The van der Waals surface area contributed by atoms with Gasteiger partial charge in [0.15, 0.2) is 11.5 Å². The lowest BCUT2D eigenvalue weighted by atomic mass is 9.92. The molecule has 1 aliphatic heterocycles. The Balaban J connectivity index is 2.32. The van der Waals surface area contributed by atoms with E-state index in [1.807, 2.05) is 30.3 Å². The quantitative estimate of drug-likeness (QED) is 0.621. The maximum absolute atomic E-state index is 11.4. The van der Waals surface area contributed by atoms with E-state index in [1.54, 1.807) is 12.1 Å². The highest BCUT2D eigenvalue weighted by Crippen LogP contribution is 2.31. The third-order valence-corrected chi connectivity index (χ3v) is 4.03. The normalized spacial score (nSPS) is 15.2. The van der Waals surface area contributed by atoms with Crippen LogP contribution in [0.4, 0.5) is 0 Å². The molecule has 0 N–H and O–H groups in total. The number of rotatable bonds is 3. The standard InChI is InChI=1S/C20H19NO4/c1-5-14-7-6-8-16-17-10-19(25-13(3)23)18(24-12(2)22)9-15(17)11-21(4)20(14)16/h5-7,9-11H,1,8H2,2-4H3. The summed E-state index contributed by atoms with van der Waals surface area (Å²) in [7, 11) is 1.96. The zero-order valence-corrected chi connectivity index (χ0v) is 14.5. The molecular formula is C20H19NO4. The Morgan fingerprint density at radius 1 is 1.16 bits per heavy atom. The highest BCUT2D eigenvalue weighted by molar-refractivity contribution is 5.77. The molecule has 0 atom stereocenters. The number of carbonyl (C=O) groups is 2. The first kappa shape index (κ1) is 16.8. The van der Waals surface area contributed by atoms with Gasteiger partial charge in [-0.3, -0.25) is 9.59 Å². The summed E-state index contributed by atoms with van der Waals surface area (Å²) in [5, 5.41) is 1.84. The summed E-state index contributed by atoms with van der Waals surface area (Å²) in [6.45, 7) is 6.50. The Bertz CT molecular complexity index is 966. The second-order valence-corrected chi connectivity index (χ2v) is 5.91. The average molecular weight is 337 g/mol. The van der Waals surface area contributed by atoms with Crippen molar-refractivity contribution < 1.29 is 19.1 Å². The van der Waals surface area contributed by atoms with Gasteiger partial charge >= 0.3 is 11.9 Å². The van der Waals surface area contributed by atoms with Crippen LogP contribution in [0.15, 0.2) is 48.2 Å². The van der Waals surface area contributed by atoms with Crippen molar-refractivity contribution in [2.24, 2.45) is 0 Å². The minimum Gasteiger partial charge on any atom is -0.423 e. The van der Waals surface area contributed by atoms with Crippen molar-refractivity contribution in [3.8, 4) is 11.5 Å². The van der Waals surface area contributed by atoms with E-state index >= 15 is 0 Å². The molecule has 2 aliphatic rings. The van der Waals surface area contributed by atoms with E-state index in [1.165, 1.54) is 13.8 Å². The fourth-order valence-corrected chi connectivity index (χ4v) is 3.16. The molecular weight excluding hydrogens is 318 g/mol. The van der Waals surface area contributed by atoms with Crippen LogP contribution in [0.5, 0.6) is 11.5 Å². The van der Waals surface area contributed by atoms with Crippen LogP contribution < -0.4 is 19.9 Å². The molecule has 128 valence electrons. The highest BCUT2D eigenvalue weighted by atomic mass is 16.6. The monoisotopic (exact) mass is 337 g/mol. The Morgan fingerprint density at radius 2 is 1.80 bits per heavy atom. The van der Waals surface area contributed by atoms with E-state index < -0.39 is 11.9 Å². The highest BCUT2D eigenvalue weighted by Gasteiger charge is 2.21. The van der Waals surface area contributed by atoms with Crippen LogP contribution in [-0.2, 0) is 9.59 Å². The van der Waals surface area contributed by atoms with E-state index in [0.717, 1.165) is 33.7 Å². The number of fused-ring (bicyclic) bond motifs is 2. The first-order valence-corrected chi connectivity index (χ1v) is 7.93. The summed E-state index contributed by atoms with van der Waals surface area (Å²) in [6, 6.07) is 3.48. The van der Waals surface area contributed by atoms with Gasteiger partial charge < -0.3 is 14.4 Å². The molecule has 0 aromatic heterocycles. The van der Waals surface area contributed by atoms with Crippen LogP contribution in [0.3, 0.4) is 0 Å². The van der Waals surface area contributed by atoms with Crippen molar-refractivity contribution in [2.75, 3.05) is 7.05 Å². The van der Waals surface area contributed by atoms with Crippen LogP contribution in [-0.4, -0.2) is 23.9 Å². The van der Waals surface area contributed by atoms with Crippen molar-refractivity contribution in [1.82, 2.24) is 4.90 Å². The van der Waals surface area contributed by atoms with E-state index in [9.17, 15) is 9.59 Å². The molecule has 0 saturated carbocycles. The summed E-state index contributed by atoms with van der Waals surface area (Å²) in [5.74, 6) is -0.475. The van der Waals surface area contributed by atoms with Gasteiger partial charge in [-0.25, -0.2) is 0 Å². The number of hydrogen-bond donors (Lipinski definition) is 0. The van der Waals surface area contributed by atoms with Gasteiger partial charge in [-0.05, 0) is 34.9 Å². The van der Waals surface area contributed by atoms with Gasteiger partial charge in [0.25, 0.3) is 0 Å². The number of allylic oxidation sites excluding steroid dienone is 5. The molecule has 0 spiro atoms. The number of esters is 2. The van der Waals surface area contributed by atoms with E-state index in [-0.39, 0.29) is 11.5 Å². The number of hydrogen-bond acceptors (Lipinski definition) is 5. The predicted molar refractivity (Wildman–Crippen MR) is 94.9 cm³/mol. The van der Waals surface area contributed by atoms with Crippen molar-refractivity contribution in [2.45, 2.75) is 20.3 Å². The lowest BCUT2D eigenvalue weighted by molar-refractivity contribution is -0.134. The number of benzene rings is 1. The van der Waals surface area contributed by atoms with E-state index in [4.69, 9.17) is 9.47 Å². The maximum atomic E-state index is 11.4. The Labute approximate surface area is 145 Å². The van der Waals surface area contributed by atoms with Crippen molar-refractivity contribution in [1.29, 1.82) is 0 Å². The lowest BCUT2D eigenvalue weighted by Gasteiger charge is -2.29. The molecule has 0 saturated heterocycles. The van der Waals surface area contributed by atoms with E-state index in [0.29, 0.717) is 0 Å². The third kappa shape index (κ3) is 3.13. The zero-order valence-electron chi connectivity index (χ0n) is 14.5. The first-order valence-electron chi connectivity index (χ1n) is 7.93. The van der Waals surface area contributed by atoms with Crippen molar-refractivity contribution in [3.63, 3.8) is 0 Å². The molecule has 0 amide bonds. The second-order valence-electron chi connectivity index (χ2n) is 5.91. The Kier molecular flexibility index (Phi) is 4.31. The zero-order chi connectivity index (χ0) is 18.1. The van der Waals surface area contributed by atoms with Crippen molar-refractivity contribution >= 4 is 23.7 Å². The number of carbonyl (C=O) groups excluding carboxylic acids is 2. The Hall–Kier alpha value is -3.08. The molecule has 1 aromatic rings. The molecule has 5 heteroatoms. The summed E-state index contributed by atoms with van der Waals surface area (Å²) in [6.07, 6.45) is 8.65. The molecule has 0 bridgehead atoms. The fraction of sp³-hybridized carbons (Fsp3) is 0.200. The summed E-state index contributed by atoms with van der Waals surface area (Å²) < 4.78 is 10.5. The van der Waals surface area contributed by atoms with Gasteiger partial charge in [0.1, 0.15) is 0 Å². The van der Waals surface area contributed by atoms with Gasteiger partial charge in [-0.1, -0.05) is 24.8 Å². The van der Waals surface area contributed by atoms with Gasteiger partial charge in [0.2, 0.25) is 0 Å². The number of ether oxygens (including phenoxy) is 2. The van der Waals surface area contributed by atoms with Gasteiger partial charge in [-0.15, -0.1) is 0 Å². The van der Waals surface area contributed by atoms with Gasteiger partial charge in [0, 0.05) is 32.3 Å². The van der Waals surface area contributed by atoms with Crippen LogP contribution in [0.2, 0.25) is 0 Å². The molecule has 0 radical (unpaired) electrons. The van der Waals surface area contributed by atoms with Crippen LogP contribution in [0.25, 0.3) is 11.8 Å². The minimum atomic E-state index is -0.472. The summed E-state index contributed by atoms with van der Waals surface area (Å²) >= 11 is 0. The molecule has 1 aromatic carbocycles. The molecule has 1 heterocycles. The topological polar surface area (TPSA) is 55.8 Å². The SMILES string of the molecule is C=CC1=C2C(=c3cc(OC(C)=O)c(OC(C)=O)cc3=CN2C)CC=C1. The second kappa shape index (κ2) is 6.43. The van der Waals surface area contributed by atoms with E-state index in [2.05, 4.69) is 12.7 Å². The van der Waals surface area contributed by atoms with Crippen LogP contribution in [0.1, 0.15) is 20.3 Å². The number of nitrogens with zero attached hydrogens (tertiary/aromatic N) is 1. The minimum absolute atomic E-state index is 0.231. The summed E-state index contributed by atoms with van der Waals surface area (Å²) in [5.41, 5.74) is 3.21. The van der Waals surface area contributed by atoms with Crippen LogP contribution in [0, 0.1) is 0 Å². The molecule has 1 aliphatic carbocycles.